The van der Waals surface area contributed by atoms with Crippen molar-refractivity contribution < 1.29 is 14.3 Å². The Bertz CT molecular complexity index is 823. The minimum absolute atomic E-state index is 0.210. The van der Waals surface area contributed by atoms with Crippen molar-refractivity contribution in [3.63, 3.8) is 0 Å². The molecule has 2 amide bonds. The Morgan fingerprint density at radius 2 is 1.89 bits per heavy atom. The Morgan fingerprint density at radius 3 is 2.56 bits per heavy atom. The summed E-state index contributed by atoms with van der Waals surface area (Å²) in [6.45, 7) is 2.42. The summed E-state index contributed by atoms with van der Waals surface area (Å²) >= 11 is 11.8. The normalized spacial score (nSPS) is 10.6. The van der Waals surface area contributed by atoms with E-state index in [1.54, 1.807) is 42.5 Å². The molecule has 0 heterocycles. The second-order valence-electron chi connectivity index (χ2n) is 5.51. The summed E-state index contributed by atoms with van der Waals surface area (Å²) in [5.74, 6) is -0.133. The molecule has 0 aliphatic rings. The van der Waals surface area contributed by atoms with Crippen LogP contribution in [0.2, 0.25) is 10.0 Å². The molecule has 142 valence electrons. The van der Waals surface area contributed by atoms with Crippen LogP contribution in [0.15, 0.2) is 47.6 Å². The van der Waals surface area contributed by atoms with Crippen LogP contribution in [0.1, 0.15) is 29.3 Å². The van der Waals surface area contributed by atoms with Crippen LogP contribution >= 0.6 is 23.2 Å². The minimum Gasteiger partial charge on any atom is -0.494 e. The molecular weight excluding hydrogens is 389 g/mol. The Labute approximate surface area is 167 Å². The molecule has 2 aromatic rings. The number of nitrogens with zero attached hydrogens (tertiary/aromatic N) is 1. The van der Waals surface area contributed by atoms with Crippen LogP contribution in [0.4, 0.5) is 0 Å². The quantitative estimate of drug-likeness (QED) is 0.517. The van der Waals surface area contributed by atoms with E-state index in [4.69, 9.17) is 27.9 Å². The standard InChI is InChI=1S/C19H19Cl2N3O3/c1-2-9-27-16-7-4-13(5-8-16)19(26)22-12-18(25)24-23-11-14-3-6-15(20)10-17(14)21/h3-8,10-11H,2,9,12H2,1H3,(H,22,26)(H,24,25)/b23-11-. The maximum absolute atomic E-state index is 12.0. The summed E-state index contributed by atoms with van der Waals surface area (Å²) in [5, 5.41) is 7.25. The zero-order valence-electron chi connectivity index (χ0n) is 14.7. The minimum atomic E-state index is -0.465. The van der Waals surface area contributed by atoms with E-state index in [0.717, 1.165) is 6.42 Å². The van der Waals surface area contributed by atoms with Gasteiger partial charge in [0.05, 0.1) is 24.4 Å². The van der Waals surface area contributed by atoms with Gasteiger partial charge in [0.15, 0.2) is 0 Å². The van der Waals surface area contributed by atoms with Crippen LogP contribution in [0.3, 0.4) is 0 Å². The molecule has 0 bridgehead atoms. The highest BCUT2D eigenvalue weighted by atomic mass is 35.5. The summed E-state index contributed by atoms with van der Waals surface area (Å²) < 4.78 is 5.46. The molecule has 0 atom stereocenters. The Kier molecular flexibility index (Phi) is 8.10. The smallest absolute Gasteiger partial charge is 0.259 e. The molecule has 2 N–H and O–H groups in total. The highest BCUT2D eigenvalue weighted by Gasteiger charge is 2.08. The van der Waals surface area contributed by atoms with E-state index in [-0.39, 0.29) is 12.5 Å². The molecule has 0 aliphatic heterocycles. The first-order valence-corrected chi connectivity index (χ1v) is 9.03. The average Bonchev–Trinajstić information content (AvgIpc) is 2.66. The van der Waals surface area contributed by atoms with Crippen LogP contribution in [-0.2, 0) is 4.79 Å². The van der Waals surface area contributed by atoms with Crippen molar-refractivity contribution in [3.8, 4) is 5.75 Å². The van der Waals surface area contributed by atoms with Gasteiger partial charge in [-0.2, -0.15) is 5.10 Å². The van der Waals surface area contributed by atoms with Gasteiger partial charge in [-0.3, -0.25) is 9.59 Å². The van der Waals surface area contributed by atoms with Crippen molar-refractivity contribution in [1.29, 1.82) is 0 Å². The molecule has 0 radical (unpaired) electrons. The number of nitrogens with one attached hydrogen (secondary N) is 2. The van der Waals surface area contributed by atoms with Gasteiger partial charge in [-0.25, -0.2) is 5.43 Å². The molecule has 0 aliphatic carbocycles. The second-order valence-corrected chi connectivity index (χ2v) is 6.36. The maximum atomic E-state index is 12.0. The number of amides is 2. The lowest BCUT2D eigenvalue weighted by Gasteiger charge is -2.07. The number of halogens is 2. The van der Waals surface area contributed by atoms with E-state index in [2.05, 4.69) is 15.8 Å². The van der Waals surface area contributed by atoms with Crippen molar-refractivity contribution in [3.05, 3.63) is 63.6 Å². The number of hydrogen-bond donors (Lipinski definition) is 2. The van der Waals surface area contributed by atoms with E-state index < -0.39 is 5.91 Å². The van der Waals surface area contributed by atoms with E-state index in [1.165, 1.54) is 6.21 Å². The fourth-order valence-corrected chi connectivity index (χ4v) is 2.46. The molecule has 6 nitrogen and oxygen atoms in total. The Balaban J connectivity index is 1.79. The van der Waals surface area contributed by atoms with Gasteiger partial charge >= 0.3 is 0 Å². The molecule has 0 spiro atoms. The van der Waals surface area contributed by atoms with Crippen molar-refractivity contribution >= 4 is 41.2 Å². The number of hydrazone groups is 1. The molecule has 0 unspecified atom stereocenters. The van der Waals surface area contributed by atoms with Gasteiger partial charge in [0.1, 0.15) is 5.75 Å². The fourth-order valence-electron chi connectivity index (χ4n) is 2.00. The van der Waals surface area contributed by atoms with Crippen molar-refractivity contribution in [2.45, 2.75) is 13.3 Å². The highest BCUT2D eigenvalue weighted by molar-refractivity contribution is 6.36. The monoisotopic (exact) mass is 407 g/mol. The molecule has 0 saturated heterocycles. The fraction of sp³-hybridized carbons (Fsp3) is 0.211. The van der Waals surface area contributed by atoms with Crippen LogP contribution < -0.4 is 15.5 Å². The summed E-state index contributed by atoms with van der Waals surface area (Å²) in [6.07, 6.45) is 2.30. The predicted octanol–water partition coefficient (Wildman–Crippen LogP) is 3.66. The van der Waals surface area contributed by atoms with Gasteiger partial charge in [-0.15, -0.1) is 0 Å². The van der Waals surface area contributed by atoms with Crippen molar-refractivity contribution in [1.82, 2.24) is 10.7 Å². The number of rotatable bonds is 8. The number of carbonyl (C=O) groups is 2. The van der Waals surface area contributed by atoms with Gasteiger partial charge in [0.25, 0.3) is 11.8 Å². The molecule has 2 aromatic carbocycles. The Hall–Kier alpha value is -2.57. The summed E-state index contributed by atoms with van der Waals surface area (Å²) in [6, 6.07) is 11.6. The summed E-state index contributed by atoms with van der Waals surface area (Å²) in [4.78, 5) is 23.8. The van der Waals surface area contributed by atoms with E-state index in [0.29, 0.717) is 33.5 Å². The molecule has 0 aromatic heterocycles. The van der Waals surface area contributed by atoms with Crippen molar-refractivity contribution in [2.24, 2.45) is 5.10 Å². The van der Waals surface area contributed by atoms with Crippen LogP contribution in [0.5, 0.6) is 5.75 Å². The predicted molar refractivity (Wildman–Crippen MR) is 107 cm³/mol. The number of benzene rings is 2. The zero-order valence-corrected chi connectivity index (χ0v) is 16.2. The van der Waals surface area contributed by atoms with Gasteiger partial charge in [-0.05, 0) is 42.8 Å². The van der Waals surface area contributed by atoms with Crippen LogP contribution in [0, 0.1) is 0 Å². The van der Waals surface area contributed by atoms with Crippen LogP contribution in [0.25, 0.3) is 0 Å². The van der Waals surface area contributed by atoms with E-state index >= 15 is 0 Å². The highest BCUT2D eigenvalue weighted by Crippen LogP contribution is 2.19. The molecule has 8 heteroatoms. The third-order valence-electron chi connectivity index (χ3n) is 3.35. The van der Waals surface area contributed by atoms with Gasteiger partial charge in [0, 0.05) is 16.1 Å². The van der Waals surface area contributed by atoms with Gasteiger partial charge in [-0.1, -0.05) is 36.2 Å². The maximum Gasteiger partial charge on any atom is 0.259 e. The summed E-state index contributed by atoms with van der Waals surface area (Å²) in [7, 11) is 0. The molecule has 27 heavy (non-hydrogen) atoms. The SMILES string of the molecule is CCCOc1ccc(C(=O)NCC(=O)N/N=C\c2ccc(Cl)cc2Cl)cc1. The molecule has 0 saturated carbocycles. The largest absolute Gasteiger partial charge is 0.494 e. The first-order valence-electron chi connectivity index (χ1n) is 8.27. The van der Waals surface area contributed by atoms with Crippen molar-refractivity contribution in [2.75, 3.05) is 13.2 Å². The third-order valence-corrected chi connectivity index (χ3v) is 3.92. The lowest BCUT2D eigenvalue weighted by molar-refractivity contribution is -0.120. The van der Waals surface area contributed by atoms with Gasteiger partial charge in [0.2, 0.25) is 0 Å². The summed E-state index contributed by atoms with van der Waals surface area (Å²) in [5.41, 5.74) is 3.36. The third kappa shape index (κ3) is 6.92. The molecule has 0 fully saturated rings. The second kappa shape index (κ2) is 10.5. The first kappa shape index (κ1) is 20.7. The average molecular weight is 408 g/mol. The van der Waals surface area contributed by atoms with Crippen LogP contribution in [-0.4, -0.2) is 31.2 Å². The lowest BCUT2D eigenvalue weighted by Crippen LogP contribution is -2.34. The molecule has 2 rings (SSSR count). The van der Waals surface area contributed by atoms with Gasteiger partial charge < -0.3 is 10.1 Å². The number of hydrogen-bond acceptors (Lipinski definition) is 4. The number of ether oxygens (including phenoxy) is 1. The first-order chi connectivity index (χ1) is 13.0. The van der Waals surface area contributed by atoms with E-state index in [9.17, 15) is 9.59 Å². The topological polar surface area (TPSA) is 79.8 Å². The lowest BCUT2D eigenvalue weighted by atomic mass is 10.2. The Morgan fingerprint density at radius 1 is 1.15 bits per heavy atom. The zero-order chi connectivity index (χ0) is 19.6. The van der Waals surface area contributed by atoms with E-state index in [1.807, 2.05) is 6.92 Å². The number of carbonyl (C=O) groups excluding carboxylic acids is 2. The molecular formula is C19H19Cl2N3O3.